The number of carbonyl (C=O) groups excluding carboxylic acids is 2. The number of anilines is 2. The van der Waals surface area contributed by atoms with Crippen molar-refractivity contribution in [1.29, 1.82) is 0 Å². The summed E-state index contributed by atoms with van der Waals surface area (Å²) >= 11 is 0. The fourth-order valence-corrected chi connectivity index (χ4v) is 1.68. The minimum atomic E-state index is -5.01. The number of hydrogen-bond donors (Lipinski definition) is 2. The average molecular weight is 326 g/mol. The van der Waals surface area contributed by atoms with Crippen LogP contribution in [0.1, 0.15) is 10.4 Å². The van der Waals surface area contributed by atoms with Crippen LogP contribution in [0.25, 0.3) is 0 Å². The molecule has 23 heavy (non-hydrogen) atoms. The summed E-state index contributed by atoms with van der Waals surface area (Å²) in [5.41, 5.74) is 0.236. The van der Waals surface area contributed by atoms with Crippen LogP contribution in [-0.2, 0) is 4.79 Å². The fraction of sp³-hybridized carbons (Fsp3) is 0.0667. The second kappa shape index (κ2) is 6.47. The molecule has 0 saturated carbocycles. The summed E-state index contributed by atoms with van der Waals surface area (Å²) in [7, 11) is 0. The minimum absolute atomic E-state index is 0.121. The van der Waals surface area contributed by atoms with Crippen molar-refractivity contribution in [2.45, 2.75) is 6.18 Å². The Morgan fingerprint density at radius 2 is 1.43 bits per heavy atom. The van der Waals surface area contributed by atoms with Crippen LogP contribution in [-0.4, -0.2) is 18.0 Å². The molecule has 0 bridgehead atoms. The van der Waals surface area contributed by atoms with E-state index in [1.807, 2.05) is 0 Å². The molecule has 0 radical (unpaired) electrons. The lowest BCUT2D eigenvalue weighted by molar-refractivity contribution is -0.167. The molecule has 0 aliphatic heterocycles. The van der Waals surface area contributed by atoms with Crippen LogP contribution in [0.5, 0.6) is 0 Å². The highest BCUT2D eigenvalue weighted by Gasteiger charge is 2.38. The smallest absolute Gasteiger partial charge is 0.322 e. The molecular weight excluding hydrogens is 316 g/mol. The third kappa shape index (κ3) is 4.53. The van der Waals surface area contributed by atoms with Crippen molar-refractivity contribution in [2.24, 2.45) is 0 Å². The molecule has 120 valence electrons. The number of hydrogen-bond acceptors (Lipinski definition) is 2. The van der Waals surface area contributed by atoms with Gasteiger partial charge in [-0.1, -0.05) is 6.07 Å². The molecule has 0 atom stereocenters. The zero-order valence-electron chi connectivity index (χ0n) is 11.4. The first-order chi connectivity index (χ1) is 10.8. The van der Waals surface area contributed by atoms with Gasteiger partial charge in [0.25, 0.3) is 5.91 Å². The van der Waals surface area contributed by atoms with E-state index in [1.165, 1.54) is 36.4 Å². The van der Waals surface area contributed by atoms with Gasteiger partial charge < -0.3 is 10.6 Å². The third-order valence-corrected chi connectivity index (χ3v) is 2.74. The van der Waals surface area contributed by atoms with Crippen LogP contribution in [0.4, 0.5) is 28.9 Å². The maximum atomic E-state index is 12.8. The Hall–Kier alpha value is -2.90. The van der Waals surface area contributed by atoms with E-state index in [-0.39, 0.29) is 16.9 Å². The van der Waals surface area contributed by atoms with E-state index in [4.69, 9.17) is 0 Å². The van der Waals surface area contributed by atoms with Gasteiger partial charge in [0.05, 0.1) is 0 Å². The third-order valence-electron chi connectivity index (χ3n) is 2.74. The largest absolute Gasteiger partial charge is 0.471 e. The number of carbonyl (C=O) groups is 2. The van der Waals surface area contributed by atoms with Crippen molar-refractivity contribution in [2.75, 3.05) is 10.6 Å². The molecule has 0 aliphatic carbocycles. The zero-order valence-corrected chi connectivity index (χ0v) is 11.4. The molecule has 0 spiro atoms. The number of amides is 2. The molecule has 2 N–H and O–H groups in total. The number of nitrogens with one attached hydrogen (secondary N) is 2. The number of rotatable bonds is 3. The highest BCUT2D eigenvalue weighted by atomic mass is 19.4. The summed E-state index contributed by atoms with van der Waals surface area (Å²) in [6, 6.07) is 9.96. The van der Waals surface area contributed by atoms with Crippen LogP contribution in [0.2, 0.25) is 0 Å². The lowest BCUT2D eigenvalue weighted by atomic mass is 10.2. The van der Waals surface area contributed by atoms with Crippen LogP contribution in [0.15, 0.2) is 48.5 Å². The lowest BCUT2D eigenvalue weighted by Crippen LogP contribution is -2.29. The molecule has 0 unspecified atom stereocenters. The molecule has 0 aromatic heterocycles. The first kappa shape index (κ1) is 16.5. The van der Waals surface area contributed by atoms with Crippen LogP contribution < -0.4 is 10.6 Å². The normalized spacial score (nSPS) is 11.0. The van der Waals surface area contributed by atoms with E-state index in [9.17, 15) is 27.2 Å². The van der Waals surface area contributed by atoms with Gasteiger partial charge in [-0.05, 0) is 42.5 Å². The topological polar surface area (TPSA) is 58.2 Å². The SMILES string of the molecule is O=C(Nc1cccc(NC(=O)C(F)(F)F)c1)c1ccc(F)cc1. The van der Waals surface area contributed by atoms with Gasteiger partial charge in [0, 0.05) is 16.9 Å². The van der Waals surface area contributed by atoms with Gasteiger partial charge in [0.1, 0.15) is 5.82 Å². The Morgan fingerprint density at radius 3 is 2.00 bits per heavy atom. The summed E-state index contributed by atoms with van der Waals surface area (Å²) in [5.74, 6) is -3.18. The van der Waals surface area contributed by atoms with Gasteiger partial charge in [0.2, 0.25) is 0 Å². The molecule has 2 aromatic rings. The van der Waals surface area contributed by atoms with Crippen molar-refractivity contribution < 1.29 is 27.2 Å². The van der Waals surface area contributed by atoms with Gasteiger partial charge >= 0.3 is 12.1 Å². The second-order valence-corrected chi connectivity index (χ2v) is 4.49. The van der Waals surface area contributed by atoms with Crippen molar-refractivity contribution in [3.8, 4) is 0 Å². The van der Waals surface area contributed by atoms with Crippen molar-refractivity contribution in [3.05, 3.63) is 59.9 Å². The van der Waals surface area contributed by atoms with Crippen LogP contribution >= 0.6 is 0 Å². The molecule has 4 nitrogen and oxygen atoms in total. The monoisotopic (exact) mass is 326 g/mol. The first-order valence-corrected chi connectivity index (χ1v) is 6.31. The van der Waals surface area contributed by atoms with Gasteiger partial charge in [-0.15, -0.1) is 0 Å². The maximum absolute atomic E-state index is 12.8. The Kier molecular flexibility index (Phi) is 4.63. The highest BCUT2D eigenvalue weighted by Crippen LogP contribution is 2.20. The minimum Gasteiger partial charge on any atom is -0.322 e. The van der Waals surface area contributed by atoms with Crippen molar-refractivity contribution >= 4 is 23.2 Å². The van der Waals surface area contributed by atoms with E-state index in [1.54, 1.807) is 5.32 Å². The standard InChI is InChI=1S/C15H10F4N2O2/c16-10-6-4-9(5-7-10)13(22)20-11-2-1-3-12(8-11)21-14(23)15(17,18)19/h1-8H,(H,20,22)(H,21,23). The van der Waals surface area contributed by atoms with E-state index in [0.717, 1.165) is 12.1 Å². The van der Waals surface area contributed by atoms with Gasteiger partial charge in [-0.3, -0.25) is 9.59 Å². The van der Waals surface area contributed by atoms with Crippen molar-refractivity contribution in [1.82, 2.24) is 0 Å². The van der Waals surface area contributed by atoms with E-state index in [0.29, 0.717) is 0 Å². The van der Waals surface area contributed by atoms with Gasteiger partial charge in [-0.25, -0.2) is 4.39 Å². The van der Waals surface area contributed by atoms with Gasteiger partial charge in [-0.2, -0.15) is 13.2 Å². The summed E-state index contributed by atoms with van der Waals surface area (Å²) in [5, 5.41) is 4.11. The Morgan fingerprint density at radius 1 is 0.870 bits per heavy atom. The van der Waals surface area contributed by atoms with Crippen LogP contribution in [0.3, 0.4) is 0 Å². The summed E-state index contributed by atoms with van der Waals surface area (Å²) < 4.78 is 49.3. The molecule has 2 aromatic carbocycles. The predicted octanol–water partition coefficient (Wildman–Crippen LogP) is 3.58. The Labute approximate surface area is 128 Å². The molecule has 2 amide bonds. The predicted molar refractivity (Wildman–Crippen MR) is 75.5 cm³/mol. The van der Waals surface area contributed by atoms with E-state index >= 15 is 0 Å². The second-order valence-electron chi connectivity index (χ2n) is 4.49. The molecule has 8 heteroatoms. The molecule has 0 heterocycles. The number of alkyl halides is 3. The van der Waals surface area contributed by atoms with Crippen LogP contribution in [0, 0.1) is 5.82 Å². The highest BCUT2D eigenvalue weighted by molar-refractivity contribution is 6.04. The molecule has 0 aliphatic rings. The average Bonchev–Trinajstić information content (AvgIpc) is 2.47. The molecule has 0 saturated heterocycles. The zero-order chi connectivity index (χ0) is 17.0. The number of benzene rings is 2. The van der Waals surface area contributed by atoms with E-state index in [2.05, 4.69) is 5.32 Å². The summed E-state index contributed by atoms with van der Waals surface area (Å²) in [6.45, 7) is 0. The summed E-state index contributed by atoms with van der Waals surface area (Å²) in [4.78, 5) is 22.8. The molecule has 2 rings (SSSR count). The summed E-state index contributed by atoms with van der Waals surface area (Å²) in [6.07, 6.45) is -5.01. The number of halogens is 4. The maximum Gasteiger partial charge on any atom is 0.471 e. The van der Waals surface area contributed by atoms with Crippen molar-refractivity contribution in [3.63, 3.8) is 0 Å². The molecular formula is C15H10F4N2O2. The Bertz CT molecular complexity index is 727. The fourth-order valence-electron chi connectivity index (χ4n) is 1.68. The lowest BCUT2D eigenvalue weighted by Gasteiger charge is -2.10. The quantitative estimate of drug-likeness (QED) is 0.847. The van der Waals surface area contributed by atoms with Gasteiger partial charge in [0.15, 0.2) is 0 Å². The first-order valence-electron chi connectivity index (χ1n) is 6.31. The molecule has 0 fully saturated rings. The Balaban J connectivity index is 2.09. The van der Waals surface area contributed by atoms with E-state index < -0.39 is 23.8 Å².